The summed E-state index contributed by atoms with van der Waals surface area (Å²) in [7, 11) is -3.77. The van der Waals surface area contributed by atoms with Gasteiger partial charge in [0.05, 0.1) is 0 Å². The highest BCUT2D eigenvalue weighted by atomic mass is 32.2. The molecule has 2 heterocycles. The van der Waals surface area contributed by atoms with E-state index in [4.69, 9.17) is 16.0 Å². The van der Waals surface area contributed by atoms with Crippen LogP contribution < -0.4 is 16.8 Å². The number of aromatic nitrogens is 1. The molecule has 1 aromatic rings. The summed E-state index contributed by atoms with van der Waals surface area (Å²) in [6.07, 6.45) is -1.24. The Morgan fingerprint density at radius 3 is 2.67 bits per heavy atom. The zero-order chi connectivity index (χ0) is 20.4. The summed E-state index contributed by atoms with van der Waals surface area (Å²) >= 11 is 1.02. The van der Waals surface area contributed by atoms with Crippen LogP contribution in [0.25, 0.3) is 0 Å². The molecule has 27 heavy (non-hydrogen) atoms. The van der Waals surface area contributed by atoms with Crippen molar-refractivity contribution in [3.63, 3.8) is 0 Å². The Labute approximate surface area is 156 Å². The number of β-lactam (4-membered cyclic amide) rings is 1. The molecule has 0 bridgehead atoms. The monoisotopic (exact) mass is 422 g/mol. The van der Waals surface area contributed by atoms with Crippen molar-refractivity contribution in [2.24, 2.45) is 10.9 Å². The van der Waals surface area contributed by atoms with E-state index in [0.717, 1.165) is 11.3 Å². The van der Waals surface area contributed by atoms with E-state index in [1.54, 1.807) is 0 Å². The highest BCUT2D eigenvalue weighted by Gasteiger charge is 2.54. The summed E-state index contributed by atoms with van der Waals surface area (Å²) in [6.45, 7) is -0.688. The minimum atomic E-state index is -4.94. The third-order valence-electron chi connectivity index (χ3n) is 3.26. The highest BCUT2D eigenvalue weighted by molar-refractivity contribution is 7.84. The quantitative estimate of drug-likeness (QED) is 0.159. The minimum absolute atomic E-state index is 0.0504. The molecule has 0 aromatic carbocycles. The molecule has 6 N–H and O–H groups in total. The lowest BCUT2D eigenvalue weighted by Crippen LogP contribution is -2.73. The molecule has 1 aliphatic heterocycles. The molecule has 0 spiro atoms. The number of carbonyl (C=O) groups is 3. The summed E-state index contributed by atoms with van der Waals surface area (Å²) in [6, 6.07) is -2.86. The number of thiazole rings is 1. The fraction of sp³-hybridized carbons (Fsp3) is 0.364. The van der Waals surface area contributed by atoms with Gasteiger partial charge in [-0.1, -0.05) is 5.16 Å². The second-order valence-corrected chi connectivity index (χ2v) is 7.13. The predicted molar refractivity (Wildman–Crippen MR) is 89.7 cm³/mol. The van der Waals surface area contributed by atoms with Crippen molar-refractivity contribution in [1.82, 2.24) is 14.6 Å². The number of oxime groups is 1. The zero-order valence-electron chi connectivity index (χ0n) is 13.6. The van der Waals surface area contributed by atoms with Crippen LogP contribution in [-0.4, -0.2) is 71.7 Å². The summed E-state index contributed by atoms with van der Waals surface area (Å²) in [4.78, 5) is 43.6. The first-order chi connectivity index (χ1) is 12.6. The van der Waals surface area contributed by atoms with Gasteiger partial charge >= 0.3 is 16.4 Å². The Hall–Kier alpha value is -2.98. The van der Waals surface area contributed by atoms with Crippen LogP contribution >= 0.6 is 11.3 Å². The Balaban J connectivity index is 2.22. The number of nitrogens with zero attached hydrogens (tertiary/aromatic N) is 3. The van der Waals surface area contributed by atoms with E-state index in [1.807, 2.05) is 0 Å². The molecule has 0 saturated carbocycles. The molecule has 0 aliphatic carbocycles. The first-order valence-corrected chi connectivity index (χ1v) is 9.20. The molecule has 1 aromatic heterocycles. The van der Waals surface area contributed by atoms with Crippen LogP contribution in [0.5, 0.6) is 0 Å². The molecule has 1 saturated heterocycles. The summed E-state index contributed by atoms with van der Waals surface area (Å²) in [5, 5.41) is 7.27. The lowest BCUT2D eigenvalue weighted by atomic mass is 9.99. The van der Waals surface area contributed by atoms with Crippen molar-refractivity contribution in [2.45, 2.75) is 12.1 Å². The topological polar surface area (TPSA) is 217 Å². The average Bonchev–Trinajstić information content (AvgIpc) is 2.98. The summed E-state index contributed by atoms with van der Waals surface area (Å²) < 4.78 is 36.2. The smallest absolute Gasteiger partial charge is 0.404 e. The number of hydrogen-bond acceptors (Lipinski definition) is 11. The van der Waals surface area contributed by atoms with Gasteiger partial charge in [0.2, 0.25) is 0 Å². The van der Waals surface area contributed by atoms with Gasteiger partial charge in [-0.15, -0.1) is 11.3 Å². The maximum absolute atomic E-state index is 12.4. The SMILES string of the molecule is CO/N=C(/C(=O)N[C@@H]1C(=O)N(S(=O)(=O)O)[C@@H]1COC(N)=O)c1csc(N)n1. The molecule has 1 fully saturated rings. The van der Waals surface area contributed by atoms with Crippen LogP contribution in [-0.2, 0) is 29.5 Å². The predicted octanol–water partition coefficient (Wildman–Crippen LogP) is -2.33. The standard InChI is InChI=1S/C11H14N6O8S2/c1-24-16-6(4-3-26-10(12)14-4)8(18)15-7-5(2-25-11(13)20)17(9(7)19)27(21,22)23/h3,5,7H,2H2,1H3,(H2,12,14)(H2,13,20)(H,15,18)(H,21,22,23)/b16-6+/t5-,7+/m1/s1. The van der Waals surface area contributed by atoms with Gasteiger partial charge in [0.15, 0.2) is 10.8 Å². The number of nitrogens with two attached hydrogens (primary N) is 2. The van der Waals surface area contributed by atoms with Gasteiger partial charge < -0.3 is 26.4 Å². The van der Waals surface area contributed by atoms with Gasteiger partial charge in [0.25, 0.3) is 11.8 Å². The molecule has 2 rings (SSSR count). The van der Waals surface area contributed by atoms with Crippen molar-refractivity contribution < 1.29 is 36.9 Å². The second kappa shape index (κ2) is 7.72. The fourth-order valence-electron chi connectivity index (χ4n) is 2.19. The molecule has 148 valence electrons. The van der Waals surface area contributed by atoms with Crippen molar-refractivity contribution in [3.05, 3.63) is 11.1 Å². The lowest BCUT2D eigenvalue weighted by molar-refractivity contribution is -0.146. The van der Waals surface area contributed by atoms with E-state index in [0.29, 0.717) is 0 Å². The van der Waals surface area contributed by atoms with Crippen LogP contribution in [0.3, 0.4) is 0 Å². The number of nitrogen functional groups attached to an aromatic ring is 1. The number of hydrogen-bond donors (Lipinski definition) is 4. The van der Waals surface area contributed by atoms with Crippen LogP contribution in [0.15, 0.2) is 10.5 Å². The normalized spacial score (nSPS) is 20.0. The van der Waals surface area contributed by atoms with Gasteiger partial charge in [-0.05, 0) is 0 Å². The largest absolute Gasteiger partial charge is 0.447 e. The van der Waals surface area contributed by atoms with E-state index < -0.39 is 46.9 Å². The highest BCUT2D eigenvalue weighted by Crippen LogP contribution is 2.24. The number of amides is 3. The Kier molecular flexibility index (Phi) is 5.82. The van der Waals surface area contributed by atoms with E-state index >= 15 is 0 Å². The van der Waals surface area contributed by atoms with Gasteiger partial charge in [-0.2, -0.15) is 8.42 Å². The van der Waals surface area contributed by atoms with Crippen LogP contribution in [0.4, 0.5) is 9.93 Å². The molecule has 2 atom stereocenters. The number of nitrogens with one attached hydrogen (secondary N) is 1. The maximum atomic E-state index is 12.4. The molecular weight excluding hydrogens is 408 g/mol. The van der Waals surface area contributed by atoms with Crippen molar-refractivity contribution in [3.8, 4) is 0 Å². The summed E-state index contributed by atoms with van der Waals surface area (Å²) in [5.41, 5.74) is 10.0. The molecule has 0 unspecified atom stereocenters. The van der Waals surface area contributed by atoms with Gasteiger partial charge in [-0.3, -0.25) is 14.1 Å². The Morgan fingerprint density at radius 1 is 1.52 bits per heavy atom. The molecule has 3 amide bonds. The number of ether oxygens (including phenoxy) is 1. The zero-order valence-corrected chi connectivity index (χ0v) is 15.2. The first-order valence-electron chi connectivity index (χ1n) is 6.92. The van der Waals surface area contributed by atoms with Crippen LogP contribution in [0, 0.1) is 0 Å². The third kappa shape index (κ3) is 4.41. The van der Waals surface area contributed by atoms with E-state index in [9.17, 15) is 22.8 Å². The number of anilines is 1. The second-order valence-electron chi connectivity index (χ2n) is 4.95. The number of carbonyl (C=O) groups excluding carboxylic acids is 3. The molecule has 16 heteroatoms. The lowest BCUT2D eigenvalue weighted by Gasteiger charge is -2.43. The number of rotatable bonds is 7. The molecular formula is C11H14N6O8S2. The summed E-state index contributed by atoms with van der Waals surface area (Å²) in [5.74, 6) is -2.10. The van der Waals surface area contributed by atoms with E-state index in [1.165, 1.54) is 12.5 Å². The van der Waals surface area contributed by atoms with Gasteiger partial charge in [0.1, 0.15) is 31.5 Å². The van der Waals surface area contributed by atoms with E-state index in [-0.39, 0.29) is 20.8 Å². The van der Waals surface area contributed by atoms with Crippen molar-refractivity contribution in [1.29, 1.82) is 0 Å². The molecule has 14 nitrogen and oxygen atoms in total. The first kappa shape index (κ1) is 20.3. The van der Waals surface area contributed by atoms with Gasteiger partial charge in [-0.25, -0.2) is 14.1 Å². The Bertz CT molecular complexity index is 896. The maximum Gasteiger partial charge on any atom is 0.404 e. The van der Waals surface area contributed by atoms with Crippen LogP contribution in [0.1, 0.15) is 5.69 Å². The Morgan fingerprint density at radius 2 is 2.19 bits per heavy atom. The minimum Gasteiger partial charge on any atom is -0.447 e. The molecule has 1 aliphatic rings. The molecule has 0 radical (unpaired) electrons. The number of primary amides is 1. The average molecular weight is 422 g/mol. The third-order valence-corrected chi connectivity index (χ3v) is 4.88. The fourth-order valence-corrected chi connectivity index (χ4v) is 3.61. The van der Waals surface area contributed by atoms with Gasteiger partial charge in [0, 0.05) is 5.38 Å². The van der Waals surface area contributed by atoms with E-state index in [2.05, 4.69) is 25.0 Å². The van der Waals surface area contributed by atoms with Crippen molar-refractivity contribution >= 4 is 50.4 Å². The van der Waals surface area contributed by atoms with Crippen molar-refractivity contribution in [2.75, 3.05) is 19.5 Å². The van der Waals surface area contributed by atoms with Crippen LogP contribution in [0.2, 0.25) is 0 Å².